The van der Waals surface area contributed by atoms with E-state index in [0.29, 0.717) is 6.42 Å². The summed E-state index contributed by atoms with van der Waals surface area (Å²) in [6, 6.07) is 15.5. The summed E-state index contributed by atoms with van der Waals surface area (Å²) in [6.45, 7) is -0.953. The Kier molecular flexibility index (Phi) is 10.1. The summed E-state index contributed by atoms with van der Waals surface area (Å²) in [7, 11) is -10.2. The number of alkyl halides is 1. The molecule has 0 radical (unpaired) electrons. The molecule has 2 aliphatic heterocycles. The highest BCUT2D eigenvalue weighted by molar-refractivity contribution is 7.63. The minimum absolute atomic E-state index is 0.0121. The second-order valence-corrected chi connectivity index (χ2v) is 14.7. The van der Waals surface area contributed by atoms with E-state index in [4.69, 9.17) is 40.2 Å². The predicted octanol–water partition coefficient (Wildman–Crippen LogP) is 4.19. The van der Waals surface area contributed by atoms with Gasteiger partial charge in [0.05, 0.1) is 12.9 Å². The molecule has 0 aliphatic carbocycles. The van der Waals surface area contributed by atoms with Gasteiger partial charge in [-0.05, 0) is 42.1 Å². The molecule has 7 atom stereocenters. The largest absolute Gasteiger partial charge is 0.481 e. The standard InChI is InChI=1S/C28H30ClFN6O10P2/c29-28-33-24(31)22-25(34-28)35(16-32-22)26-21(30)23(37)20(44-26)15-43-48(40,41)46-47(39,45-18-10-5-2-6-11-18)36-13-7-12-19(36)27(38)42-14-17-8-3-1-4-9-17/h1-6,8-11,16,19-21,23,26,37H,7,12-15H2,(H,40,41)(H2,31,33,34)/t19?,20-,21?,23+,26-,47?/m1/s1. The van der Waals surface area contributed by atoms with Crippen molar-refractivity contribution in [2.45, 2.75) is 50.1 Å². The summed E-state index contributed by atoms with van der Waals surface area (Å²) < 4.78 is 72.1. The van der Waals surface area contributed by atoms with Gasteiger partial charge in [-0.2, -0.15) is 18.9 Å². The lowest BCUT2D eigenvalue weighted by Gasteiger charge is -2.31. The molecule has 6 rings (SSSR count). The molecule has 2 aromatic heterocycles. The van der Waals surface area contributed by atoms with Crippen LogP contribution in [0.15, 0.2) is 67.0 Å². The average Bonchev–Trinajstić information content (AvgIpc) is 3.78. The highest BCUT2D eigenvalue weighted by atomic mass is 35.5. The fourth-order valence-electron chi connectivity index (χ4n) is 5.32. The van der Waals surface area contributed by atoms with Crippen molar-refractivity contribution in [1.82, 2.24) is 24.2 Å². The number of fused-ring (bicyclic) bond motifs is 1. The Morgan fingerprint density at radius 1 is 1.12 bits per heavy atom. The minimum Gasteiger partial charge on any atom is -0.460 e. The quantitative estimate of drug-likeness (QED) is 0.106. The number of aromatic nitrogens is 4. The molecule has 48 heavy (non-hydrogen) atoms. The lowest BCUT2D eigenvalue weighted by Crippen LogP contribution is -2.36. The van der Waals surface area contributed by atoms with E-state index >= 15 is 4.39 Å². The zero-order valence-corrected chi connectivity index (χ0v) is 27.4. The van der Waals surface area contributed by atoms with Gasteiger partial charge < -0.3 is 29.7 Å². The lowest BCUT2D eigenvalue weighted by atomic mass is 10.1. The van der Waals surface area contributed by atoms with E-state index < -0.39 is 58.8 Å². The summed E-state index contributed by atoms with van der Waals surface area (Å²) in [5.41, 5.74) is 6.66. The molecule has 256 valence electrons. The normalized spacial score (nSPS) is 25.5. The second kappa shape index (κ2) is 14.2. The van der Waals surface area contributed by atoms with Crippen LogP contribution in [0.4, 0.5) is 10.2 Å². The number of aliphatic hydroxyl groups excluding tert-OH is 1. The molecule has 0 spiro atoms. The third-order valence-electron chi connectivity index (χ3n) is 7.60. The molecule has 4 unspecified atom stereocenters. The number of carbonyl (C=O) groups is 1. The maximum atomic E-state index is 15.3. The number of para-hydroxylation sites is 1. The number of rotatable bonds is 12. The number of esters is 1. The zero-order chi connectivity index (χ0) is 34.1. The number of hydrogen-bond donors (Lipinski definition) is 3. The van der Waals surface area contributed by atoms with Crippen LogP contribution in [-0.2, 0) is 38.8 Å². The molecule has 4 aromatic rings. The Hall–Kier alpha value is -3.50. The molecule has 2 aliphatic rings. The highest BCUT2D eigenvalue weighted by Gasteiger charge is 2.52. The average molecular weight is 727 g/mol. The van der Waals surface area contributed by atoms with E-state index in [2.05, 4.69) is 15.0 Å². The number of ether oxygens (including phenoxy) is 2. The molecular formula is C28H30ClFN6O10P2. The molecule has 2 saturated heterocycles. The maximum absolute atomic E-state index is 15.3. The molecule has 16 nitrogen and oxygen atoms in total. The number of hydrogen-bond acceptors (Lipinski definition) is 13. The van der Waals surface area contributed by atoms with Crippen LogP contribution < -0.4 is 10.3 Å². The van der Waals surface area contributed by atoms with E-state index in [9.17, 15) is 23.9 Å². The number of nitrogen functional groups attached to an aromatic ring is 1. The van der Waals surface area contributed by atoms with Crippen LogP contribution >= 0.6 is 27.2 Å². The number of imidazole rings is 1. The Morgan fingerprint density at radius 2 is 1.83 bits per heavy atom. The predicted molar refractivity (Wildman–Crippen MR) is 167 cm³/mol. The van der Waals surface area contributed by atoms with Gasteiger partial charge in [-0.15, -0.1) is 0 Å². The van der Waals surface area contributed by atoms with Crippen LogP contribution in [0.3, 0.4) is 0 Å². The summed E-state index contributed by atoms with van der Waals surface area (Å²) in [5, 5.41) is 10.3. The molecule has 4 N–H and O–H groups in total. The number of benzene rings is 2. The molecule has 20 heteroatoms. The van der Waals surface area contributed by atoms with Crippen molar-refractivity contribution in [1.29, 1.82) is 0 Å². The van der Waals surface area contributed by atoms with Gasteiger partial charge in [0.15, 0.2) is 23.9 Å². The van der Waals surface area contributed by atoms with Crippen LogP contribution in [0.25, 0.3) is 11.2 Å². The minimum atomic E-state index is -5.32. The van der Waals surface area contributed by atoms with Crippen LogP contribution in [0.5, 0.6) is 5.75 Å². The fraction of sp³-hybridized carbons (Fsp3) is 0.357. The third kappa shape index (κ3) is 7.39. The van der Waals surface area contributed by atoms with Crippen molar-refractivity contribution in [3.05, 3.63) is 77.8 Å². The van der Waals surface area contributed by atoms with Gasteiger partial charge in [0.25, 0.3) is 0 Å². The number of aliphatic hydroxyl groups is 1. The summed E-state index contributed by atoms with van der Waals surface area (Å²) in [5.74, 6) is -0.796. The van der Waals surface area contributed by atoms with Gasteiger partial charge in [0.2, 0.25) is 5.28 Å². The number of halogens is 2. The first-order valence-electron chi connectivity index (χ1n) is 14.6. The number of nitrogens with two attached hydrogens (primary N) is 1. The number of nitrogens with zero attached hydrogens (tertiary/aromatic N) is 5. The van der Waals surface area contributed by atoms with Crippen molar-refractivity contribution >= 4 is 50.1 Å². The molecule has 4 heterocycles. The van der Waals surface area contributed by atoms with Crippen LogP contribution in [0.1, 0.15) is 24.6 Å². The smallest absolute Gasteiger partial charge is 0.460 e. The van der Waals surface area contributed by atoms with Gasteiger partial charge >= 0.3 is 21.5 Å². The first-order chi connectivity index (χ1) is 22.9. The molecule has 2 fully saturated rings. The molecular weight excluding hydrogens is 697 g/mol. The van der Waals surface area contributed by atoms with Gasteiger partial charge in [-0.1, -0.05) is 48.5 Å². The van der Waals surface area contributed by atoms with Crippen LogP contribution in [-0.4, -0.2) is 77.7 Å². The third-order valence-corrected chi connectivity index (χ3v) is 11.4. The van der Waals surface area contributed by atoms with E-state index in [0.717, 1.165) is 21.1 Å². The van der Waals surface area contributed by atoms with Crippen LogP contribution in [0.2, 0.25) is 5.28 Å². The summed E-state index contributed by atoms with van der Waals surface area (Å²) >= 11 is 5.89. The monoisotopic (exact) mass is 726 g/mol. The van der Waals surface area contributed by atoms with Crippen molar-refractivity contribution in [2.75, 3.05) is 18.9 Å². The maximum Gasteiger partial charge on any atom is 0.481 e. The SMILES string of the molecule is Nc1nc(Cl)nc2c1ncn2[C@@H]1O[C@H](COP(=O)(O)OP(=O)(Oc2ccccc2)N2CCCC2C(=O)OCc2ccccc2)[C@H](O)C1F. The van der Waals surface area contributed by atoms with Gasteiger partial charge in [0.1, 0.15) is 36.1 Å². The Labute approximate surface area is 277 Å². The zero-order valence-electron chi connectivity index (χ0n) is 24.9. The molecule has 2 aromatic carbocycles. The topological polar surface area (TPSA) is 211 Å². The van der Waals surface area contributed by atoms with Crippen molar-refractivity contribution in [3.63, 3.8) is 0 Å². The molecule has 0 bridgehead atoms. The molecule has 0 amide bonds. The van der Waals surface area contributed by atoms with Gasteiger partial charge in [-0.3, -0.25) is 13.9 Å². The van der Waals surface area contributed by atoms with Crippen molar-refractivity contribution in [3.8, 4) is 5.75 Å². The number of anilines is 1. The summed E-state index contributed by atoms with van der Waals surface area (Å²) in [6.07, 6.45) is -5.23. The fourth-order valence-corrected chi connectivity index (χ4v) is 9.00. The van der Waals surface area contributed by atoms with Crippen molar-refractivity contribution in [2.24, 2.45) is 0 Å². The Bertz CT molecular complexity index is 1860. The van der Waals surface area contributed by atoms with E-state index in [1.165, 1.54) is 12.1 Å². The Balaban J connectivity index is 1.17. The van der Waals surface area contributed by atoms with E-state index in [1.54, 1.807) is 42.5 Å². The summed E-state index contributed by atoms with van der Waals surface area (Å²) in [4.78, 5) is 35.7. The van der Waals surface area contributed by atoms with Crippen molar-refractivity contribution < 1.29 is 51.1 Å². The second-order valence-electron chi connectivity index (χ2n) is 10.8. The number of phosphoric ester groups is 1. The Morgan fingerprint density at radius 3 is 2.56 bits per heavy atom. The number of carbonyl (C=O) groups excluding carboxylic acids is 1. The van der Waals surface area contributed by atoms with Gasteiger partial charge in [0, 0.05) is 6.54 Å². The first kappa shape index (κ1) is 34.4. The van der Waals surface area contributed by atoms with Gasteiger partial charge in [-0.25, -0.2) is 18.5 Å². The lowest BCUT2D eigenvalue weighted by molar-refractivity contribution is -0.149. The first-order valence-corrected chi connectivity index (χ1v) is 18.0. The van der Waals surface area contributed by atoms with E-state index in [1.807, 2.05) is 6.07 Å². The van der Waals surface area contributed by atoms with Crippen LogP contribution in [0, 0.1) is 0 Å². The van der Waals surface area contributed by atoms with E-state index in [-0.39, 0.29) is 47.6 Å². The molecule has 0 saturated carbocycles. The highest BCUT2D eigenvalue weighted by Crippen LogP contribution is 2.66. The number of phosphoric acid groups is 1.